The van der Waals surface area contributed by atoms with Gasteiger partial charge < -0.3 is 10.6 Å². The summed E-state index contributed by atoms with van der Waals surface area (Å²) in [6, 6.07) is 0.779. The number of alkyl halides is 3. The number of halogens is 4. The van der Waals surface area contributed by atoms with Crippen LogP contribution in [-0.4, -0.2) is 23.8 Å². The molecule has 100 valence electrons. The minimum Gasteiger partial charge on any atom is -0.396 e. The van der Waals surface area contributed by atoms with E-state index < -0.39 is 11.7 Å². The van der Waals surface area contributed by atoms with Gasteiger partial charge >= 0.3 is 6.18 Å². The average molecular weight is 282 g/mol. The monoisotopic (exact) mass is 281 g/mol. The minimum absolute atomic E-state index is 0.0436. The zero-order valence-electron chi connectivity index (χ0n) is 9.46. The van der Waals surface area contributed by atoms with Crippen molar-refractivity contribution in [2.24, 2.45) is 10.9 Å². The van der Waals surface area contributed by atoms with E-state index in [2.05, 4.69) is 10.1 Å². The summed E-state index contributed by atoms with van der Waals surface area (Å²) >= 11 is 5.73. The number of hydrogen-bond acceptors (Lipinski definition) is 4. The molecule has 1 heterocycles. The molecule has 2 N–H and O–H groups in total. The molecule has 0 aliphatic rings. The third kappa shape index (κ3) is 3.58. The standard InChI is InChI=1S/C10H11ClF3N3O/c1-2-18-17-8(4-15)9-7(11)3-6(5-16-9)10(12,13)14/h3,5H,2,4,15H2,1H3/b17-8+. The van der Waals surface area contributed by atoms with Crippen molar-refractivity contribution in [3.05, 3.63) is 28.5 Å². The third-order valence-corrected chi connectivity index (χ3v) is 2.23. The molecule has 18 heavy (non-hydrogen) atoms. The molecule has 0 spiro atoms. The van der Waals surface area contributed by atoms with Crippen LogP contribution in [0.5, 0.6) is 0 Å². The number of rotatable bonds is 4. The van der Waals surface area contributed by atoms with Crippen molar-refractivity contribution >= 4 is 17.3 Å². The largest absolute Gasteiger partial charge is 0.417 e. The van der Waals surface area contributed by atoms with Crippen molar-refractivity contribution in [3.8, 4) is 0 Å². The molecule has 0 atom stereocenters. The van der Waals surface area contributed by atoms with Crippen LogP contribution < -0.4 is 5.73 Å². The summed E-state index contributed by atoms with van der Waals surface area (Å²) in [7, 11) is 0. The molecular formula is C10H11ClF3N3O. The van der Waals surface area contributed by atoms with Gasteiger partial charge in [-0.3, -0.25) is 4.98 Å². The smallest absolute Gasteiger partial charge is 0.396 e. The molecule has 1 rings (SSSR count). The van der Waals surface area contributed by atoms with E-state index in [0.717, 1.165) is 6.07 Å². The Balaban J connectivity index is 3.12. The van der Waals surface area contributed by atoms with Gasteiger partial charge in [0.25, 0.3) is 0 Å². The van der Waals surface area contributed by atoms with E-state index in [4.69, 9.17) is 22.2 Å². The predicted octanol–water partition coefficient (Wildman–Crippen LogP) is 2.45. The van der Waals surface area contributed by atoms with Crippen LogP contribution in [0.4, 0.5) is 13.2 Å². The second-order valence-electron chi connectivity index (χ2n) is 3.21. The Hall–Kier alpha value is -1.34. The predicted molar refractivity (Wildman–Crippen MR) is 61.5 cm³/mol. The van der Waals surface area contributed by atoms with Gasteiger partial charge in [-0.05, 0) is 13.0 Å². The second-order valence-corrected chi connectivity index (χ2v) is 3.62. The highest BCUT2D eigenvalue weighted by Crippen LogP contribution is 2.31. The molecule has 4 nitrogen and oxygen atoms in total. The molecule has 0 unspecified atom stereocenters. The molecule has 0 fully saturated rings. The van der Waals surface area contributed by atoms with E-state index in [-0.39, 0.29) is 23.0 Å². The molecule has 0 amide bonds. The van der Waals surface area contributed by atoms with E-state index in [1.165, 1.54) is 0 Å². The lowest BCUT2D eigenvalue weighted by Crippen LogP contribution is -2.18. The zero-order valence-corrected chi connectivity index (χ0v) is 10.2. The molecule has 0 aromatic carbocycles. The van der Waals surface area contributed by atoms with Crippen molar-refractivity contribution in [2.45, 2.75) is 13.1 Å². The highest BCUT2D eigenvalue weighted by Gasteiger charge is 2.31. The lowest BCUT2D eigenvalue weighted by molar-refractivity contribution is -0.137. The van der Waals surface area contributed by atoms with Crippen molar-refractivity contribution in [1.82, 2.24) is 4.98 Å². The fourth-order valence-corrected chi connectivity index (χ4v) is 1.40. The van der Waals surface area contributed by atoms with Gasteiger partial charge in [0.2, 0.25) is 0 Å². The van der Waals surface area contributed by atoms with Crippen LogP contribution in [0.15, 0.2) is 17.4 Å². The first-order chi connectivity index (χ1) is 8.40. The summed E-state index contributed by atoms with van der Waals surface area (Å²) in [4.78, 5) is 8.41. The highest BCUT2D eigenvalue weighted by atomic mass is 35.5. The molecule has 0 radical (unpaired) electrons. The number of nitrogens with two attached hydrogens (primary N) is 1. The number of nitrogens with zero attached hydrogens (tertiary/aromatic N) is 2. The minimum atomic E-state index is -4.49. The van der Waals surface area contributed by atoms with Crippen molar-refractivity contribution in [1.29, 1.82) is 0 Å². The fraction of sp³-hybridized carbons (Fsp3) is 0.400. The van der Waals surface area contributed by atoms with E-state index in [9.17, 15) is 13.2 Å². The molecule has 0 saturated carbocycles. The van der Waals surface area contributed by atoms with Gasteiger partial charge in [0, 0.05) is 12.7 Å². The Morgan fingerprint density at radius 1 is 1.56 bits per heavy atom. The maximum absolute atomic E-state index is 12.4. The van der Waals surface area contributed by atoms with Gasteiger partial charge in [-0.2, -0.15) is 13.2 Å². The first-order valence-corrected chi connectivity index (χ1v) is 5.40. The normalized spacial score (nSPS) is 12.7. The van der Waals surface area contributed by atoms with Crippen LogP contribution in [0, 0.1) is 0 Å². The Labute approximate surface area is 107 Å². The molecule has 0 aliphatic carbocycles. The molecule has 0 aliphatic heterocycles. The topological polar surface area (TPSA) is 60.5 Å². The zero-order chi connectivity index (χ0) is 13.8. The number of aromatic nitrogens is 1. The number of hydrogen-bond donors (Lipinski definition) is 1. The maximum atomic E-state index is 12.4. The summed E-state index contributed by atoms with van der Waals surface area (Å²) < 4.78 is 37.2. The van der Waals surface area contributed by atoms with Gasteiger partial charge in [-0.1, -0.05) is 16.8 Å². The van der Waals surface area contributed by atoms with E-state index in [0.29, 0.717) is 12.8 Å². The Kier molecular flexibility index (Phi) is 4.92. The van der Waals surface area contributed by atoms with E-state index in [1.807, 2.05) is 0 Å². The molecule has 1 aromatic heterocycles. The van der Waals surface area contributed by atoms with Gasteiger partial charge in [-0.15, -0.1) is 0 Å². The van der Waals surface area contributed by atoms with Crippen LogP contribution in [0.2, 0.25) is 5.02 Å². The third-order valence-electron chi connectivity index (χ3n) is 1.94. The number of pyridine rings is 1. The molecule has 1 aromatic rings. The highest BCUT2D eigenvalue weighted by molar-refractivity contribution is 6.34. The molecule has 0 saturated heterocycles. The van der Waals surface area contributed by atoms with Crippen LogP contribution in [0.25, 0.3) is 0 Å². The number of oxime groups is 1. The van der Waals surface area contributed by atoms with Gasteiger partial charge in [0.15, 0.2) is 0 Å². The maximum Gasteiger partial charge on any atom is 0.417 e. The molecule has 0 bridgehead atoms. The van der Waals surface area contributed by atoms with Gasteiger partial charge in [0.1, 0.15) is 18.0 Å². The van der Waals surface area contributed by atoms with Crippen LogP contribution in [0.1, 0.15) is 18.2 Å². The summed E-state index contributed by atoms with van der Waals surface area (Å²) in [5, 5.41) is 3.47. The first kappa shape index (κ1) is 14.7. The molecular weight excluding hydrogens is 271 g/mol. The van der Waals surface area contributed by atoms with Crippen molar-refractivity contribution in [2.75, 3.05) is 13.2 Å². The van der Waals surface area contributed by atoms with Crippen LogP contribution in [-0.2, 0) is 11.0 Å². The lowest BCUT2D eigenvalue weighted by atomic mass is 10.2. The average Bonchev–Trinajstić information content (AvgIpc) is 2.30. The van der Waals surface area contributed by atoms with Crippen LogP contribution >= 0.6 is 11.6 Å². The van der Waals surface area contributed by atoms with Crippen molar-refractivity contribution in [3.63, 3.8) is 0 Å². The van der Waals surface area contributed by atoms with Gasteiger partial charge in [-0.25, -0.2) is 0 Å². The Bertz CT molecular complexity index is 448. The quantitative estimate of drug-likeness (QED) is 0.681. The van der Waals surface area contributed by atoms with Crippen molar-refractivity contribution < 1.29 is 18.0 Å². The van der Waals surface area contributed by atoms with Gasteiger partial charge in [0.05, 0.1) is 10.6 Å². The summed E-state index contributed by atoms with van der Waals surface area (Å²) in [6.45, 7) is 1.97. The van der Waals surface area contributed by atoms with E-state index >= 15 is 0 Å². The summed E-state index contributed by atoms with van der Waals surface area (Å²) in [6.07, 6.45) is -3.81. The molecule has 8 heteroatoms. The Morgan fingerprint density at radius 3 is 2.67 bits per heavy atom. The SMILES string of the molecule is CCO/N=C(\CN)c1ncc(C(F)(F)F)cc1Cl. The van der Waals surface area contributed by atoms with E-state index in [1.54, 1.807) is 6.92 Å². The lowest BCUT2D eigenvalue weighted by Gasteiger charge is -2.09. The second kappa shape index (κ2) is 6.01. The first-order valence-electron chi connectivity index (χ1n) is 5.02. The summed E-state index contributed by atoms with van der Waals surface area (Å²) in [5.74, 6) is 0. The Morgan fingerprint density at radius 2 is 2.22 bits per heavy atom. The van der Waals surface area contributed by atoms with Crippen LogP contribution in [0.3, 0.4) is 0 Å². The summed E-state index contributed by atoms with van der Waals surface area (Å²) in [5.41, 5.74) is 4.75. The fourth-order valence-electron chi connectivity index (χ4n) is 1.12.